The van der Waals surface area contributed by atoms with Crippen LogP contribution in [-0.2, 0) is 15.6 Å². The Hall–Kier alpha value is -0.420. The van der Waals surface area contributed by atoms with Gasteiger partial charge < -0.3 is 10.6 Å². The van der Waals surface area contributed by atoms with Gasteiger partial charge in [-0.15, -0.1) is 0 Å². The van der Waals surface area contributed by atoms with Gasteiger partial charge in [0.25, 0.3) is 0 Å². The second-order valence-corrected chi connectivity index (χ2v) is 5.78. The van der Waals surface area contributed by atoms with Crippen molar-refractivity contribution >= 4 is 16.7 Å². The number of amides is 1. The molecular weight excluding hydrogens is 224 g/mol. The fourth-order valence-corrected chi connectivity index (χ4v) is 1.59. The molecule has 2 atom stereocenters. The SMILES string of the molecule is CCCCNC(=O)CNCCC(C)S(C)=O. The van der Waals surface area contributed by atoms with Gasteiger partial charge in [0.2, 0.25) is 5.91 Å². The van der Waals surface area contributed by atoms with Crippen LogP contribution in [0.3, 0.4) is 0 Å². The molecule has 4 nitrogen and oxygen atoms in total. The van der Waals surface area contributed by atoms with Crippen molar-refractivity contribution in [2.75, 3.05) is 25.9 Å². The van der Waals surface area contributed by atoms with Crippen molar-refractivity contribution in [1.29, 1.82) is 0 Å². The fraction of sp³-hybridized carbons (Fsp3) is 0.909. The van der Waals surface area contributed by atoms with Crippen molar-refractivity contribution < 1.29 is 9.00 Å². The number of nitrogens with one attached hydrogen (secondary N) is 2. The summed E-state index contributed by atoms with van der Waals surface area (Å²) in [5.41, 5.74) is 0. The Bertz CT molecular complexity index is 222. The van der Waals surface area contributed by atoms with Crippen LogP contribution >= 0.6 is 0 Å². The molecule has 2 unspecified atom stereocenters. The molecule has 0 bridgehead atoms. The first kappa shape index (κ1) is 15.6. The third kappa shape index (κ3) is 8.85. The lowest BCUT2D eigenvalue weighted by molar-refractivity contribution is -0.120. The average Bonchev–Trinajstić information content (AvgIpc) is 2.24. The first-order valence-corrected chi connectivity index (χ1v) is 7.49. The number of rotatable bonds is 9. The minimum atomic E-state index is -0.771. The van der Waals surface area contributed by atoms with E-state index in [9.17, 15) is 9.00 Å². The molecule has 0 aromatic rings. The predicted octanol–water partition coefficient (Wildman–Crippen LogP) is 0.649. The molecule has 0 rings (SSSR count). The third-order valence-electron chi connectivity index (χ3n) is 2.43. The standard InChI is InChI=1S/C11H24N2O2S/c1-4-5-7-13-11(14)9-12-8-6-10(2)16(3)15/h10,12H,4-9H2,1-3H3,(H,13,14). The van der Waals surface area contributed by atoms with E-state index in [1.54, 1.807) is 6.26 Å². The molecule has 0 heterocycles. The van der Waals surface area contributed by atoms with Crippen LogP contribution in [0.2, 0.25) is 0 Å². The van der Waals surface area contributed by atoms with Gasteiger partial charge in [-0.2, -0.15) is 0 Å². The van der Waals surface area contributed by atoms with Crippen molar-refractivity contribution in [3.8, 4) is 0 Å². The highest BCUT2D eigenvalue weighted by atomic mass is 32.2. The predicted molar refractivity (Wildman–Crippen MR) is 68.9 cm³/mol. The Kier molecular flexibility index (Phi) is 9.52. The van der Waals surface area contributed by atoms with Crippen LogP contribution in [-0.4, -0.2) is 41.3 Å². The molecule has 0 fully saturated rings. The molecular formula is C11H24N2O2S. The summed E-state index contributed by atoms with van der Waals surface area (Å²) in [5.74, 6) is 0.0405. The van der Waals surface area contributed by atoms with Gasteiger partial charge in [-0.25, -0.2) is 0 Å². The number of carbonyl (C=O) groups is 1. The zero-order chi connectivity index (χ0) is 12.4. The number of hydrogen-bond donors (Lipinski definition) is 2. The van der Waals surface area contributed by atoms with Gasteiger partial charge in [-0.1, -0.05) is 20.3 Å². The maximum absolute atomic E-state index is 11.3. The molecule has 16 heavy (non-hydrogen) atoms. The Balaban J connectivity index is 3.37. The summed E-state index contributed by atoms with van der Waals surface area (Å²) >= 11 is 0. The maximum atomic E-state index is 11.3. The minimum Gasteiger partial charge on any atom is -0.355 e. The molecule has 2 N–H and O–H groups in total. The second-order valence-electron chi connectivity index (χ2n) is 3.98. The largest absolute Gasteiger partial charge is 0.355 e. The van der Waals surface area contributed by atoms with E-state index in [0.717, 1.165) is 32.4 Å². The lowest BCUT2D eigenvalue weighted by Gasteiger charge is -2.09. The molecule has 0 aliphatic rings. The van der Waals surface area contributed by atoms with Crippen molar-refractivity contribution in [2.24, 2.45) is 0 Å². The molecule has 0 aromatic carbocycles. The van der Waals surface area contributed by atoms with E-state index in [4.69, 9.17) is 0 Å². The molecule has 0 radical (unpaired) electrons. The summed E-state index contributed by atoms with van der Waals surface area (Å²) in [5, 5.41) is 6.07. The van der Waals surface area contributed by atoms with Gasteiger partial charge in [0.15, 0.2) is 0 Å². The van der Waals surface area contributed by atoms with Crippen molar-refractivity contribution in [1.82, 2.24) is 10.6 Å². The molecule has 0 aliphatic carbocycles. The highest BCUT2D eigenvalue weighted by Crippen LogP contribution is 1.96. The van der Waals surface area contributed by atoms with E-state index in [2.05, 4.69) is 17.6 Å². The topological polar surface area (TPSA) is 58.2 Å². The van der Waals surface area contributed by atoms with Gasteiger partial charge in [-0.3, -0.25) is 9.00 Å². The van der Waals surface area contributed by atoms with Gasteiger partial charge in [0.05, 0.1) is 6.54 Å². The first-order valence-electron chi connectivity index (χ1n) is 5.87. The number of unbranched alkanes of at least 4 members (excludes halogenated alkanes) is 1. The summed E-state index contributed by atoms with van der Waals surface area (Å²) in [7, 11) is -0.771. The number of carbonyl (C=O) groups excluding carboxylic acids is 1. The maximum Gasteiger partial charge on any atom is 0.233 e. The Labute approximate surface area is 101 Å². The Morgan fingerprint density at radius 2 is 2.06 bits per heavy atom. The molecule has 1 amide bonds. The number of hydrogen-bond acceptors (Lipinski definition) is 3. The quantitative estimate of drug-likeness (QED) is 0.589. The zero-order valence-electron chi connectivity index (χ0n) is 10.5. The molecule has 0 aromatic heterocycles. The van der Waals surface area contributed by atoms with E-state index < -0.39 is 10.8 Å². The molecule has 0 saturated carbocycles. The molecule has 5 heteroatoms. The van der Waals surface area contributed by atoms with Crippen LogP contribution in [0, 0.1) is 0 Å². The van der Waals surface area contributed by atoms with Gasteiger partial charge in [0.1, 0.15) is 0 Å². The van der Waals surface area contributed by atoms with Gasteiger partial charge in [0, 0.05) is 28.9 Å². The zero-order valence-corrected chi connectivity index (χ0v) is 11.4. The van der Waals surface area contributed by atoms with Crippen LogP contribution in [0.15, 0.2) is 0 Å². The molecule has 0 spiro atoms. The van der Waals surface area contributed by atoms with Gasteiger partial charge >= 0.3 is 0 Å². The second kappa shape index (κ2) is 9.78. The van der Waals surface area contributed by atoms with E-state index in [1.807, 2.05) is 6.92 Å². The first-order chi connectivity index (χ1) is 7.57. The Morgan fingerprint density at radius 1 is 1.38 bits per heavy atom. The van der Waals surface area contributed by atoms with Crippen molar-refractivity contribution in [2.45, 2.75) is 38.4 Å². The smallest absolute Gasteiger partial charge is 0.233 e. The van der Waals surface area contributed by atoms with E-state index in [-0.39, 0.29) is 11.2 Å². The minimum absolute atomic E-state index is 0.0405. The molecule has 96 valence electrons. The highest BCUT2D eigenvalue weighted by molar-refractivity contribution is 7.84. The van der Waals surface area contributed by atoms with E-state index in [0.29, 0.717) is 6.54 Å². The van der Waals surface area contributed by atoms with E-state index >= 15 is 0 Å². The molecule has 0 aliphatic heterocycles. The summed E-state index contributed by atoms with van der Waals surface area (Å²) in [6.45, 7) is 5.90. The Morgan fingerprint density at radius 3 is 2.62 bits per heavy atom. The van der Waals surface area contributed by atoms with Crippen LogP contribution < -0.4 is 10.6 Å². The summed E-state index contributed by atoms with van der Waals surface area (Å²) < 4.78 is 11.1. The van der Waals surface area contributed by atoms with Gasteiger partial charge in [-0.05, 0) is 19.4 Å². The monoisotopic (exact) mass is 248 g/mol. The van der Waals surface area contributed by atoms with Crippen LogP contribution in [0.1, 0.15) is 33.1 Å². The normalized spacial score (nSPS) is 14.4. The van der Waals surface area contributed by atoms with Crippen LogP contribution in [0.5, 0.6) is 0 Å². The van der Waals surface area contributed by atoms with Crippen LogP contribution in [0.25, 0.3) is 0 Å². The van der Waals surface area contributed by atoms with Crippen LogP contribution in [0.4, 0.5) is 0 Å². The summed E-state index contributed by atoms with van der Waals surface area (Å²) in [6.07, 6.45) is 4.67. The average molecular weight is 248 g/mol. The lowest BCUT2D eigenvalue weighted by Crippen LogP contribution is -2.35. The highest BCUT2D eigenvalue weighted by Gasteiger charge is 2.05. The third-order valence-corrected chi connectivity index (χ3v) is 3.80. The lowest BCUT2D eigenvalue weighted by atomic mass is 10.3. The van der Waals surface area contributed by atoms with Crippen molar-refractivity contribution in [3.05, 3.63) is 0 Å². The summed E-state index contributed by atoms with van der Waals surface area (Å²) in [4.78, 5) is 11.3. The van der Waals surface area contributed by atoms with Crippen molar-refractivity contribution in [3.63, 3.8) is 0 Å². The fourth-order valence-electron chi connectivity index (χ4n) is 1.14. The summed E-state index contributed by atoms with van der Waals surface area (Å²) in [6, 6.07) is 0. The molecule has 0 saturated heterocycles. The van der Waals surface area contributed by atoms with E-state index in [1.165, 1.54) is 0 Å².